The Kier molecular flexibility index (Phi) is 3.60. The molecule has 1 aliphatic heterocycles. The zero-order valence-electron chi connectivity index (χ0n) is 13.3. The zero-order chi connectivity index (χ0) is 14.4. The Morgan fingerprint density at radius 1 is 1.15 bits per heavy atom. The van der Waals surface area contributed by atoms with Crippen LogP contribution < -0.4 is 10.6 Å². The van der Waals surface area contributed by atoms with Crippen molar-refractivity contribution in [3.8, 4) is 0 Å². The summed E-state index contributed by atoms with van der Waals surface area (Å²) in [5.41, 5.74) is 0.585. The first-order valence-electron chi connectivity index (χ1n) is 8.47. The number of hydrogen-bond donors (Lipinski definition) is 2. The molecular formula is C17H30N2O. The molecule has 2 aliphatic carbocycles. The van der Waals surface area contributed by atoms with E-state index in [1.54, 1.807) is 0 Å². The van der Waals surface area contributed by atoms with Crippen molar-refractivity contribution in [3.63, 3.8) is 0 Å². The maximum atomic E-state index is 12.6. The summed E-state index contributed by atoms with van der Waals surface area (Å²) in [6.45, 7) is 8.08. The van der Waals surface area contributed by atoms with Gasteiger partial charge in [0.15, 0.2) is 0 Å². The standard InChI is InChI=1S/C17H30N2O/c1-16(2)12-8-9-17(3,11-12)15(16)19-14(20)13-7-5-4-6-10-18-13/h12-13,15,18H,4-11H2,1-3H3,(H,19,20). The molecule has 2 N–H and O–H groups in total. The Morgan fingerprint density at radius 2 is 1.95 bits per heavy atom. The molecule has 1 saturated heterocycles. The molecule has 3 heteroatoms. The summed E-state index contributed by atoms with van der Waals surface area (Å²) in [7, 11) is 0. The topological polar surface area (TPSA) is 41.1 Å². The summed E-state index contributed by atoms with van der Waals surface area (Å²) in [6.07, 6.45) is 8.56. The van der Waals surface area contributed by atoms with Gasteiger partial charge in [-0.25, -0.2) is 0 Å². The van der Waals surface area contributed by atoms with E-state index in [-0.39, 0.29) is 17.4 Å². The molecule has 3 aliphatic rings. The average Bonchev–Trinajstić information content (AvgIpc) is 2.71. The van der Waals surface area contributed by atoms with Crippen molar-refractivity contribution >= 4 is 5.91 Å². The van der Waals surface area contributed by atoms with Crippen LogP contribution in [0.2, 0.25) is 0 Å². The molecule has 0 aromatic rings. The second-order valence-corrected chi connectivity index (χ2v) is 8.21. The Labute approximate surface area is 123 Å². The lowest BCUT2D eigenvalue weighted by Crippen LogP contribution is -2.56. The van der Waals surface area contributed by atoms with Crippen molar-refractivity contribution in [1.82, 2.24) is 10.6 Å². The Bertz CT molecular complexity index is 380. The predicted molar refractivity (Wildman–Crippen MR) is 81.4 cm³/mol. The number of carbonyl (C=O) groups is 1. The van der Waals surface area contributed by atoms with Gasteiger partial charge in [0.2, 0.25) is 5.91 Å². The highest BCUT2D eigenvalue weighted by atomic mass is 16.2. The molecule has 20 heavy (non-hydrogen) atoms. The molecule has 2 bridgehead atoms. The minimum absolute atomic E-state index is 0.0380. The van der Waals surface area contributed by atoms with Gasteiger partial charge in [-0.2, -0.15) is 0 Å². The summed E-state index contributed by atoms with van der Waals surface area (Å²) in [5.74, 6) is 1.04. The molecule has 4 atom stereocenters. The summed E-state index contributed by atoms with van der Waals surface area (Å²) in [5, 5.41) is 6.86. The van der Waals surface area contributed by atoms with E-state index < -0.39 is 0 Å². The highest BCUT2D eigenvalue weighted by Gasteiger charge is 2.59. The van der Waals surface area contributed by atoms with Crippen molar-refractivity contribution in [3.05, 3.63) is 0 Å². The van der Waals surface area contributed by atoms with Gasteiger partial charge in [-0.3, -0.25) is 4.79 Å². The Hall–Kier alpha value is -0.570. The molecule has 0 aromatic carbocycles. The van der Waals surface area contributed by atoms with Crippen LogP contribution in [0, 0.1) is 16.7 Å². The molecule has 114 valence electrons. The van der Waals surface area contributed by atoms with Crippen LogP contribution in [-0.2, 0) is 4.79 Å². The van der Waals surface area contributed by atoms with Gasteiger partial charge in [0.05, 0.1) is 6.04 Å². The monoisotopic (exact) mass is 278 g/mol. The van der Waals surface area contributed by atoms with E-state index >= 15 is 0 Å². The number of fused-ring (bicyclic) bond motifs is 2. The molecule has 4 unspecified atom stereocenters. The maximum Gasteiger partial charge on any atom is 0.237 e. The third kappa shape index (κ3) is 2.28. The second kappa shape index (κ2) is 5.01. The summed E-state index contributed by atoms with van der Waals surface area (Å²) in [6, 6.07) is 0.391. The van der Waals surface area contributed by atoms with E-state index in [9.17, 15) is 4.79 Å². The number of carbonyl (C=O) groups excluding carboxylic acids is 1. The van der Waals surface area contributed by atoms with Crippen LogP contribution in [-0.4, -0.2) is 24.5 Å². The van der Waals surface area contributed by atoms with E-state index in [1.807, 2.05) is 0 Å². The van der Waals surface area contributed by atoms with Gasteiger partial charge < -0.3 is 10.6 Å². The van der Waals surface area contributed by atoms with E-state index in [0.29, 0.717) is 11.5 Å². The molecule has 3 fully saturated rings. The van der Waals surface area contributed by atoms with Gasteiger partial charge in [0.1, 0.15) is 0 Å². The van der Waals surface area contributed by atoms with E-state index in [2.05, 4.69) is 31.4 Å². The van der Waals surface area contributed by atoms with Crippen molar-refractivity contribution in [2.24, 2.45) is 16.7 Å². The molecule has 0 radical (unpaired) electrons. The number of hydrogen-bond acceptors (Lipinski definition) is 2. The van der Waals surface area contributed by atoms with Gasteiger partial charge in [-0.1, -0.05) is 33.6 Å². The van der Waals surface area contributed by atoms with E-state index in [4.69, 9.17) is 0 Å². The van der Waals surface area contributed by atoms with E-state index in [1.165, 1.54) is 38.5 Å². The normalized spacial score (nSPS) is 43.2. The average molecular weight is 278 g/mol. The molecule has 1 amide bonds. The first-order chi connectivity index (χ1) is 9.43. The van der Waals surface area contributed by atoms with Gasteiger partial charge in [-0.15, -0.1) is 0 Å². The highest BCUT2D eigenvalue weighted by Crippen LogP contribution is 2.62. The third-order valence-corrected chi connectivity index (χ3v) is 6.43. The first kappa shape index (κ1) is 14.4. The van der Waals surface area contributed by atoms with Gasteiger partial charge >= 0.3 is 0 Å². The summed E-state index contributed by atoms with van der Waals surface area (Å²) < 4.78 is 0. The van der Waals surface area contributed by atoms with Crippen molar-refractivity contribution in [1.29, 1.82) is 0 Å². The minimum Gasteiger partial charge on any atom is -0.351 e. The molecular weight excluding hydrogens is 248 g/mol. The largest absolute Gasteiger partial charge is 0.351 e. The van der Waals surface area contributed by atoms with Crippen LogP contribution in [0.4, 0.5) is 0 Å². The fourth-order valence-corrected chi connectivity index (χ4v) is 5.16. The Morgan fingerprint density at radius 3 is 2.65 bits per heavy atom. The van der Waals surface area contributed by atoms with Crippen molar-refractivity contribution in [2.75, 3.05) is 6.54 Å². The van der Waals surface area contributed by atoms with Crippen LogP contribution in [0.15, 0.2) is 0 Å². The van der Waals surface area contributed by atoms with Crippen LogP contribution in [0.5, 0.6) is 0 Å². The summed E-state index contributed by atoms with van der Waals surface area (Å²) in [4.78, 5) is 12.6. The molecule has 0 spiro atoms. The smallest absolute Gasteiger partial charge is 0.237 e. The molecule has 0 aromatic heterocycles. The van der Waals surface area contributed by atoms with Crippen LogP contribution in [0.25, 0.3) is 0 Å². The summed E-state index contributed by atoms with van der Waals surface area (Å²) >= 11 is 0. The van der Waals surface area contributed by atoms with Crippen LogP contribution in [0.1, 0.15) is 65.7 Å². The molecule has 3 nitrogen and oxygen atoms in total. The second-order valence-electron chi connectivity index (χ2n) is 8.21. The number of rotatable bonds is 2. The van der Waals surface area contributed by atoms with E-state index in [0.717, 1.165) is 18.9 Å². The van der Waals surface area contributed by atoms with Crippen molar-refractivity contribution < 1.29 is 4.79 Å². The fraction of sp³-hybridized carbons (Fsp3) is 0.941. The lowest BCUT2D eigenvalue weighted by Gasteiger charge is -2.43. The van der Waals surface area contributed by atoms with Gasteiger partial charge in [0.25, 0.3) is 0 Å². The quantitative estimate of drug-likeness (QED) is 0.815. The molecule has 3 rings (SSSR count). The van der Waals surface area contributed by atoms with Crippen LogP contribution >= 0.6 is 0 Å². The van der Waals surface area contributed by atoms with Crippen LogP contribution in [0.3, 0.4) is 0 Å². The maximum absolute atomic E-state index is 12.6. The number of amides is 1. The lowest BCUT2D eigenvalue weighted by molar-refractivity contribution is -0.126. The third-order valence-electron chi connectivity index (χ3n) is 6.43. The molecule has 1 heterocycles. The fourth-order valence-electron chi connectivity index (χ4n) is 5.16. The van der Waals surface area contributed by atoms with Crippen molar-refractivity contribution in [2.45, 2.75) is 77.8 Å². The Balaban J connectivity index is 1.69. The van der Waals surface area contributed by atoms with Gasteiger partial charge in [0, 0.05) is 6.04 Å². The SMILES string of the molecule is CC12CCC(C1)C(C)(C)C2NC(=O)C1CCCCCN1. The minimum atomic E-state index is 0.0380. The highest BCUT2D eigenvalue weighted by molar-refractivity contribution is 5.82. The first-order valence-corrected chi connectivity index (χ1v) is 8.47. The number of nitrogens with one attached hydrogen (secondary N) is 2. The van der Waals surface area contributed by atoms with Gasteiger partial charge in [-0.05, 0) is 55.4 Å². The zero-order valence-corrected chi connectivity index (χ0v) is 13.3. The molecule has 2 saturated carbocycles. The predicted octanol–water partition coefficient (Wildman–Crippen LogP) is 2.85. The lowest BCUT2D eigenvalue weighted by atomic mass is 9.68.